The third-order valence-electron chi connectivity index (χ3n) is 4.44. The van der Waals surface area contributed by atoms with Crippen molar-refractivity contribution in [2.24, 2.45) is 0 Å². The number of carbonyl (C=O) groups is 1. The monoisotopic (exact) mass is 373 g/mol. The standard InChI is InChI=1S/C19H20FN3O4/c1-2-27-18-7-6-14(11-16(18)23(25)26)19(24)22-9-8-21-12-17(22)13-4-3-5-15(20)10-13/h3-7,10-11,17,21H,2,8-9,12H2,1H3. The Morgan fingerprint density at radius 3 is 2.89 bits per heavy atom. The molecule has 2 aromatic carbocycles. The van der Waals surface area contributed by atoms with E-state index in [1.165, 1.54) is 30.3 Å². The number of nitrogens with one attached hydrogen (secondary N) is 1. The molecule has 142 valence electrons. The predicted octanol–water partition coefficient (Wildman–Crippen LogP) is 2.92. The maximum Gasteiger partial charge on any atom is 0.311 e. The van der Waals surface area contributed by atoms with Crippen molar-refractivity contribution < 1.29 is 18.8 Å². The first-order valence-electron chi connectivity index (χ1n) is 8.69. The van der Waals surface area contributed by atoms with Crippen molar-refractivity contribution in [1.82, 2.24) is 10.2 Å². The number of rotatable bonds is 5. The Bertz CT molecular complexity index is 859. The number of amides is 1. The molecule has 0 spiro atoms. The van der Waals surface area contributed by atoms with Crippen molar-refractivity contribution in [3.8, 4) is 5.75 Å². The summed E-state index contributed by atoms with van der Waals surface area (Å²) in [5, 5.41) is 14.5. The summed E-state index contributed by atoms with van der Waals surface area (Å²) >= 11 is 0. The van der Waals surface area contributed by atoms with E-state index in [-0.39, 0.29) is 41.4 Å². The Hall–Kier alpha value is -3.00. The fourth-order valence-electron chi connectivity index (χ4n) is 3.20. The van der Waals surface area contributed by atoms with E-state index in [0.29, 0.717) is 25.2 Å². The number of ether oxygens (including phenoxy) is 1. The van der Waals surface area contributed by atoms with Gasteiger partial charge in [-0.3, -0.25) is 14.9 Å². The fraction of sp³-hybridized carbons (Fsp3) is 0.316. The predicted molar refractivity (Wildman–Crippen MR) is 97.3 cm³/mol. The van der Waals surface area contributed by atoms with E-state index in [9.17, 15) is 19.3 Å². The molecule has 7 nitrogen and oxygen atoms in total. The Balaban J connectivity index is 1.93. The molecule has 3 rings (SSSR count). The molecule has 1 unspecified atom stereocenters. The van der Waals surface area contributed by atoms with E-state index >= 15 is 0 Å². The van der Waals surface area contributed by atoms with Gasteiger partial charge in [-0.25, -0.2) is 4.39 Å². The maximum atomic E-state index is 13.6. The molecule has 1 atom stereocenters. The van der Waals surface area contributed by atoms with Gasteiger partial charge in [-0.2, -0.15) is 0 Å². The van der Waals surface area contributed by atoms with Crippen LogP contribution in [0.5, 0.6) is 5.75 Å². The molecule has 1 heterocycles. The largest absolute Gasteiger partial charge is 0.487 e. The van der Waals surface area contributed by atoms with E-state index in [2.05, 4.69) is 5.32 Å². The molecule has 1 aliphatic heterocycles. The minimum absolute atomic E-state index is 0.126. The quantitative estimate of drug-likeness (QED) is 0.643. The second-order valence-corrected chi connectivity index (χ2v) is 6.15. The van der Waals surface area contributed by atoms with Gasteiger partial charge in [0.2, 0.25) is 0 Å². The van der Waals surface area contributed by atoms with Gasteiger partial charge in [-0.1, -0.05) is 12.1 Å². The minimum Gasteiger partial charge on any atom is -0.487 e. The fourth-order valence-corrected chi connectivity index (χ4v) is 3.20. The van der Waals surface area contributed by atoms with Crippen LogP contribution in [0.2, 0.25) is 0 Å². The molecule has 2 aromatic rings. The van der Waals surface area contributed by atoms with E-state index in [1.54, 1.807) is 24.0 Å². The average molecular weight is 373 g/mol. The van der Waals surface area contributed by atoms with Crippen molar-refractivity contribution in [2.75, 3.05) is 26.2 Å². The lowest BCUT2D eigenvalue weighted by atomic mass is 10.0. The van der Waals surface area contributed by atoms with Gasteiger partial charge >= 0.3 is 5.69 Å². The zero-order valence-corrected chi connectivity index (χ0v) is 14.9. The Kier molecular flexibility index (Phi) is 5.66. The molecule has 8 heteroatoms. The zero-order valence-electron chi connectivity index (χ0n) is 14.9. The SMILES string of the molecule is CCOc1ccc(C(=O)N2CCNCC2c2cccc(F)c2)cc1[N+](=O)[O-]. The van der Waals surface area contributed by atoms with E-state index in [4.69, 9.17) is 4.74 Å². The maximum absolute atomic E-state index is 13.6. The van der Waals surface area contributed by atoms with Crippen LogP contribution in [0.15, 0.2) is 42.5 Å². The molecule has 1 N–H and O–H groups in total. The van der Waals surface area contributed by atoms with Crippen LogP contribution in [0.4, 0.5) is 10.1 Å². The Labute approximate surface area is 155 Å². The number of benzene rings is 2. The van der Waals surface area contributed by atoms with Crippen LogP contribution >= 0.6 is 0 Å². The van der Waals surface area contributed by atoms with Crippen LogP contribution in [0.3, 0.4) is 0 Å². The van der Waals surface area contributed by atoms with Gasteiger partial charge in [0.25, 0.3) is 5.91 Å². The van der Waals surface area contributed by atoms with Crippen molar-refractivity contribution in [2.45, 2.75) is 13.0 Å². The lowest BCUT2D eigenvalue weighted by molar-refractivity contribution is -0.385. The number of carbonyl (C=O) groups excluding carboxylic acids is 1. The highest BCUT2D eigenvalue weighted by Crippen LogP contribution is 2.30. The van der Waals surface area contributed by atoms with Gasteiger partial charge in [-0.15, -0.1) is 0 Å². The van der Waals surface area contributed by atoms with Gasteiger partial charge in [0.15, 0.2) is 5.75 Å². The first-order valence-corrected chi connectivity index (χ1v) is 8.69. The lowest BCUT2D eigenvalue weighted by Gasteiger charge is -2.36. The smallest absolute Gasteiger partial charge is 0.311 e. The second kappa shape index (κ2) is 8.13. The van der Waals surface area contributed by atoms with Crippen molar-refractivity contribution in [3.63, 3.8) is 0 Å². The number of hydrogen-bond acceptors (Lipinski definition) is 5. The van der Waals surface area contributed by atoms with Crippen molar-refractivity contribution >= 4 is 11.6 Å². The summed E-state index contributed by atoms with van der Waals surface area (Å²) in [5.41, 5.74) is 0.629. The third-order valence-corrected chi connectivity index (χ3v) is 4.44. The molecule has 1 fully saturated rings. The molecule has 0 saturated carbocycles. The number of nitro benzene ring substituents is 1. The third kappa shape index (κ3) is 4.06. The lowest BCUT2D eigenvalue weighted by Crippen LogP contribution is -2.48. The van der Waals surface area contributed by atoms with Crippen molar-refractivity contribution in [3.05, 3.63) is 69.5 Å². The normalized spacial score (nSPS) is 16.8. The summed E-state index contributed by atoms with van der Waals surface area (Å²) in [6, 6.07) is 9.95. The topological polar surface area (TPSA) is 84.7 Å². The molecular formula is C19H20FN3O4. The van der Waals surface area contributed by atoms with Crippen LogP contribution in [0.25, 0.3) is 0 Å². The number of hydrogen-bond donors (Lipinski definition) is 1. The molecule has 1 saturated heterocycles. The van der Waals surface area contributed by atoms with Crippen LogP contribution < -0.4 is 10.1 Å². The minimum atomic E-state index is -0.566. The number of nitrogens with zero attached hydrogens (tertiary/aromatic N) is 2. The Morgan fingerprint density at radius 1 is 1.37 bits per heavy atom. The van der Waals surface area contributed by atoms with E-state index in [1.807, 2.05) is 0 Å². The highest BCUT2D eigenvalue weighted by Gasteiger charge is 2.30. The molecule has 27 heavy (non-hydrogen) atoms. The van der Waals surface area contributed by atoms with Crippen LogP contribution in [0.1, 0.15) is 28.9 Å². The average Bonchev–Trinajstić information content (AvgIpc) is 2.68. The Morgan fingerprint density at radius 2 is 2.19 bits per heavy atom. The summed E-state index contributed by atoms with van der Waals surface area (Å²) in [7, 11) is 0. The van der Waals surface area contributed by atoms with Gasteiger partial charge in [0.1, 0.15) is 5.82 Å². The van der Waals surface area contributed by atoms with Gasteiger partial charge in [0.05, 0.1) is 17.6 Å². The molecule has 1 aliphatic rings. The first-order chi connectivity index (χ1) is 13.0. The van der Waals surface area contributed by atoms with E-state index < -0.39 is 4.92 Å². The molecule has 0 radical (unpaired) electrons. The summed E-state index contributed by atoms with van der Waals surface area (Å²) in [5.74, 6) is -0.583. The molecule has 1 amide bonds. The number of nitro groups is 1. The summed E-state index contributed by atoms with van der Waals surface area (Å²) in [6.45, 7) is 3.51. The first kappa shape index (κ1) is 18.8. The van der Waals surface area contributed by atoms with Gasteiger partial charge in [0, 0.05) is 31.3 Å². The molecule has 0 aromatic heterocycles. The number of piperazine rings is 1. The van der Waals surface area contributed by atoms with Crippen LogP contribution in [0, 0.1) is 15.9 Å². The van der Waals surface area contributed by atoms with Crippen molar-refractivity contribution in [1.29, 1.82) is 0 Å². The summed E-state index contributed by atoms with van der Waals surface area (Å²) < 4.78 is 18.9. The van der Waals surface area contributed by atoms with Gasteiger partial charge in [-0.05, 0) is 36.8 Å². The van der Waals surface area contributed by atoms with Crippen LogP contribution in [-0.4, -0.2) is 42.0 Å². The molecule has 0 bridgehead atoms. The van der Waals surface area contributed by atoms with E-state index in [0.717, 1.165) is 0 Å². The second-order valence-electron chi connectivity index (χ2n) is 6.15. The summed E-state index contributed by atoms with van der Waals surface area (Å²) in [6.07, 6.45) is 0. The highest BCUT2D eigenvalue weighted by molar-refractivity contribution is 5.95. The molecular weight excluding hydrogens is 353 g/mol. The zero-order chi connectivity index (χ0) is 19.4. The highest BCUT2D eigenvalue weighted by atomic mass is 19.1. The number of halogens is 1. The van der Waals surface area contributed by atoms with Gasteiger partial charge < -0.3 is 15.0 Å². The molecule has 0 aliphatic carbocycles. The van der Waals surface area contributed by atoms with Crippen LogP contribution in [-0.2, 0) is 0 Å². The summed E-state index contributed by atoms with van der Waals surface area (Å²) in [4.78, 5) is 25.4.